The zero-order valence-electron chi connectivity index (χ0n) is 10.9. The highest BCUT2D eigenvalue weighted by atomic mass is 16.5. The van der Waals surface area contributed by atoms with Gasteiger partial charge in [0, 0.05) is 23.7 Å². The Labute approximate surface area is 102 Å². The number of esters is 1. The third kappa shape index (κ3) is 1.67. The van der Waals surface area contributed by atoms with Crippen molar-refractivity contribution in [3.05, 3.63) is 23.5 Å². The van der Waals surface area contributed by atoms with E-state index in [1.54, 1.807) is 6.07 Å². The predicted molar refractivity (Wildman–Crippen MR) is 65.9 cm³/mol. The third-order valence-corrected chi connectivity index (χ3v) is 4.19. The second kappa shape index (κ2) is 3.60. The van der Waals surface area contributed by atoms with Crippen LogP contribution >= 0.6 is 0 Å². The average Bonchev–Trinajstić information content (AvgIpc) is 2.91. The van der Waals surface area contributed by atoms with Gasteiger partial charge in [-0.15, -0.1) is 0 Å². The standard InChI is InChI=1S/C13H20N2O2/c1-12(2,13(14)7-8-13)10-6-5-9(15(10)3)11(16)17-4/h5-6H,7-8,14H2,1-4H3. The lowest BCUT2D eigenvalue weighted by Gasteiger charge is -2.32. The highest BCUT2D eigenvalue weighted by Crippen LogP contribution is 2.49. The molecular weight excluding hydrogens is 216 g/mol. The van der Waals surface area contributed by atoms with E-state index in [4.69, 9.17) is 10.5 Å². The molecule has 1 fully saturated rings. The molecule has 0 atom stereocenters. The lowest BCUT2D eigenvalue weighted by atomic mass is 9.79. The highest BCUT2D eigenvalue weighted by Gasteiger charge is 2.53. The largest absolute Gasteiger partial charge is 0.464 e. The molecule has 4 heteroatoms. The number of hydrogen-bond donors (Lipinski definition) is 1. The van der Waals surface area contributed by atoms with Crippen LogP contribution in [0.25, 0.3) is 0 Å². The summed E-state index contributed by atoms with van der Waals surface area (Å²) in [5.41, 5.74) is 7.70. The van der Waals surface area contributed by atoms with Gasteiger partial charge in [-0.1, -0.05) is 13.8 Å². The molecule has 94 valence electrons. The number of aromatic nitrogens is 1. The summed E-state index contributed by atoms with van der Waals surface area (Å²) in [7, 11) is 3.28. The maximum atomic E-state index is 11.6. The minimum absolute atomic E-state index is 0.131. The summed E-state index contributed by atoms with van der Waals surface area (Å²) in [6.45, 7) is 4.27. The van der Waals surface area contributed by atoms with Gasteiger partial charge in [0.2, 0.25) is 0 Å². The molecule has 1 aromatic heterocycles. The minimum Gasteiger partial charge on any atom is -0.464 e. The van der Waals surface area contributed by atoms with Crippen molar-refractivity contribution in [1.29, 1.82) is 0 Å². The van der Waals surface area contributed by atoms with Crippen LogP contribution in [0.3, 0.4) is 0 Å². The van der Waals surface area contributed by atoms with Gasteiger partial charge in [-0.3, -0.25) is 0 Å². The summed E-state index contributed by atoms with van der Waals surface area (Å²) in [5, 5.41) is 0. The molecule has 0 unspecified atom stereocenters. The van der Waals surface area contributed by atoms with Crippen molar-refractivity contribution in [3.63, 3.8) is 0 Å². The molecule has 1 aliphatic carbocycles. The topological polar surface area (TPSA) is 57.2 Å². The van der Waals surface area contributed by atoms with Crippen molar-refractivity contribution < 1.29 is 9.53 Å². The molecule has 0 spiro atoms. The van der Waals surface area contributed by atoms with E-state index in [2.05, 4.69) is 13.8 Å². The molecule has 1 heterocycles. The summed E-state index contributed by atoms with van der Waals surface area (Å²) in [5.74, 6) is -0.309. The Morgan fingerprint density at radius 2 is 2.06 bits per heavy atom. The van der Waals surface area contributed by atoms with Gasteiger partial charge in [-0.05, 0) is 25.0 Å². The molecule has 2 N–H and O–H groups in total. The second-order valence-electron chi connectivity index (χ2n) is 5.44. The monoisotopic (exact) mass is 236 g/mol. The van der Waals surface area contributed by atoms with E-state index in [1.807, 2.05) is 17.7 Å². The van der Waals surface area contributed by atoms with Crippen molar-refractivity contribution in [3.8, 4) is 0 Å². The smallest absolute Gasteiger partial charge is 0.354 e. The molecular formula is C13H20N2O2. The van der Waals surface area contributed by atoms with Crippen molar-refractivity contribution >= 4 is 5.97 Å². The maximum Gasteiger partial charge on any atom is 0.354 e. The Balaban J connectivity index is 2.41. The summed E-state index contributed by atoms with van der Waals surface area (Å²) >= 11 is 0. The number of carbonyl (C=O) groups is 1. The Hall–Kier alpha value is -1.29. The second-order valence-corrected chi connectivity index (χ2v) is 5.44. The lowest BCUT2D eigenvalue weighted by molar-refractivity contribution is 0.0589. The zero-order chi connectivity index (χ0) is 12.8. The van der Waals surface area contributed by atoms with Crippen molar-refractivity contribution in [2.24, 2.45) is 12.8 Å². The molecule has 1 aromatic rings. The van der Waals surface area contributed by atoms with Crippen LogP contribution in [-0.2, 0) is 17.2 Å². The fourth-order valence-corrected chi connectivity index (χ4v) is 2.46. The van der Waals surface area contributed by atoms with E-state index in [0.717, 1.165) is 18.5 Å². The van der Waals surface area contributed by atoms with E-state index in [9.17, 15) is 4.79 Å². The Morgan fingerprint density at radius 3 is 2.53 bits per heavy atom. The fourth-order valence-electron chi connectivity index (χ4n) is 2.46. The number of carbonyl (C=O) groups excluding carboxylic acids is 1. The van der Waals surface area contributed by atoms with E-state index in [0.29, 0.717) is 5.69 Å². The molecule has 2 rings (SSSR count). The number of hydrogen-bond acceptors (Lipinski definition) is 3. The summed E-state index contributed by atoms with van der Waals surface area (Å²) in [4.78, 5) is 11.6. The van der Waals surface area contributed by atoms with Crippen LogP contribution in [0, 0.1) is 0 Å². The van der Waals surface area contributed by atoms with Crippen LogP contribution in [0.1, 0.15) is 42.9 Å². The first kappa shape index (κ1) is 12.2. The Bertz CT molecular complexity index is 456. The van der Waals surface area contributed by atoms with Gasteiger partial charge in [-0.25, -0.2) is 4.79 Å². The van der Waals surface area contributed by atoms with Crippen molar-refractivity contribution in [2.45, 2.75) is 37.6 Å². The van der Waals surface area contributed by atoms with Crippen LogP contribution in [0.4, 0.5) is 0 Å². The van der Waals surface area contributed by atoms with Gasteiger partial charge < -0.3 is 15.0 Å². The van der Waals surface area contributed by atoms with Crippen molar-refractivity contribution in [1.82, 2.24) is 4.57 Å². The molecule has 0 radical (unpaired) electrons. The Kier molecular flexibility index (Phi) is 2.58. The van der Waals surface area contributed by atoms with Gasteiger partial charge in [-0.2, -0.15) is 0 Å². The van der Waals surface area contributed by atoms with Crippen LogP contribution in [0.15, 0.2) is 12.1 Å². The van der Waals surface area contributed by atoms with Crippen LogP contribution in [0.5, 0.6) is 0 Å². The van der Waals surface area contributed by atoms with Gasteiger partial charge in [0.15, 0.2) is 0 Å². The number of ether oxygens (including phenoxy) is 1. The number of nitrogens with zero attached hydrogens (tertiary/aromatic N) is 1. The number of methoxy groups -OCH3 is 1. The maximum absolute atomic E-state index is 11.6. The minimum atomic E-state index is -0.309. The molecule has 1 saturated carbocycles. The molecule has 0 bridgehead atoms. The lowest BCUT2D eigenvalue weighted by Crippen LogP contribution is -2.44. The number of rotatable bonds is 3. The van der Waals surface area contributed by atoms with Gasteiger partial charge in [0.25, 0.3) is 0 Å². The first-order valence-electron chi connectivity index (χ1n) is 5.87. The Morgan fingerprint density at radius 1 is 1.47 bits per heavy atom. The predicted octanol–water partition coefficient (Wildman–Crippen LogP) is 1.58. The molecule has 0 aromatic carbocycles. The van der Waals surface area contributed by atoms with Gasteiger partial charge in [0.1, 0.15) is 5.69 Å². The third-order valence-electron chi connectivity index (χ3n) is 4.19. The fraction of sp³-hybridized carbons (Fsp3) is 0.615. The van der Waals surface area contributed by atoms with E-state index in [1.165, 1.54) is 7.11 Å². The molecule has 0 aliphatic heterocycles. The molecule has 0 amide bonds. The van der Waals surface area contributed by atoms with Crippen molar-refractivity contribution in [2.75, 3.05) is 7.11 Å². The first-order valence-corrected chi connectivity index (χ1v) is 5.87. The number of nitrogens with two attached hydrogens (primary N) is 1. The normalized spacial score (nSPS) is 17.9. The molecule has 4 nitrogen and oxygen atoms in total. The SMILES string of the molecule is COC(=O)c1ccc(C(C)(C)C2(N)CC2)n1C. The average molecular weight is 236 g/mol. The van der Waals surface area contributed by atoms with E-state index < -0.39 is 0 Å². The summed E-state index contributed by atoms with van der Waals surface area (Å²) in [6.07, 6.45) is 2.08. The summed E-state index contributed by atoms with van der Waals surface area (Å²) in [6, 6.07) is 3.77. The molecule has 17 heavy (non-hydrogen) atoms. The summed E-state index contributed by atoms with van der Waals surface area (Å²) < 4.78 is 6.64. The van der Waals surface area contributed by atoms with Gasteiger partial charge in [0.05, 0.1) is 7.11 Å². The van der Waals surface area contributed by atoms with Crippen LogP contribution < -0.4 is 5.73 Å². The zero-order valence-corrected chi connectivity index (χ0v) is 10.9. The van der Waals surface area contributed by atoms with Crippen LogP contribution in [-0.4, -0.2) is 23.2 Å². The van der Waals surface area contributed by atoms with E-state index in [-0.39, 0.29) is 16.9 Å². The van der Waals surface area contributed by atoms with Crippen LogP contribution in [0.2, 0.25) is 0 Å². The molecule has 1 aliphatic rings. The molecule has 0 saturated heterocycles. The highest BCUT2D eigenvalue weighted by molar-refractivity contribution is 5.87. The van der Waals surface area contributed by atoms with E-state index >= 15 is 0 Å². The van der Waals surface area contributed by atoms with Gasteiger partial charge >= 0.3 is 5.97 Å². The first-order chi connectivity index (χ1) is 7.83. The quantitative estimate of drug-likeness (QED) is 0.811.